The molecule has 0 bridgehead atoms. The summed E-state index contributed by atoms with van der Waals surface area (Å²) in [5.74, 6) is 2.39. The number of ether oxygens (including phenoxy) is 1. The molecule has 0 atom stereocenters. The number of methoxy groups -OCH3 is 1. The summed E-state index contributed by atoms with van der Waals surface area (Å²) in [5.41, 5.74) is 5.04. The van der Waals surface area contributed by atoms with E-state index in [1.165, 1.54) is 7.11 Å². The monoisotopic (exact) mass is 225 g/mol. The Morgan fingerprint density at radius 1 is 1.44 bits per heavy atom. The Labute approximate surface area is 91.2 Å². The maximum atomic E-state index is 12.9. The van der Waals surface area contributed by atoms with Crippen LogP contribution in [0.2, 0.25) is 0 Å². The largest absolute Gasteiger partial charge is 0.495 e. The Hall–Kier alpha value is -2.09. The first-order valence-corrected chi connectivity index (χ1v) is 4.34. The van der Waals surface area contributed by atoms with Gasteiger partial charge in [0.2, 0.25) is 5.91 Å². The Bertz CT molecular complexity index is 475. The molecular formula is C11H9F2NO2. The predicted molar refractivity (Wildman–Crippen MR) is 53.6 cm³/mol. The van der Waals surface area contributed by atoms with Gasteiger partial charge >= 0.3 is 0 Å². The zero-order valence-electron chi connectivity index (χ0n) is 8.51. The molecule has 16 heavy (non-hydrogen) atoms. The number of carbonyl (C=O) groups is 1. The van der Waals surface area contributed by atoms with Crippen LogP contribution in [-0.2, 0) is 4.79 Å². The third kappa shape index (κ3) is 2.95. The van der Waals surface area contributed by atoms with Gasteiger partial charge in [-0.3, -0.25) is 4.79 Å². The molecule has 0 aliphatic heterocycles. The van der Waals surface area contributed by atoms with Crippen molar-refractivity contribution in [2.24, 2.45) is 5.73 Å². The molecule has 0 aliphatic rings. The molecule has 1 rings (SSSR count). The summed E-state index contributed by atoms with van der Waals surface area (Å²) in [4.78, 5) is 10.4. The molecule has 0 unspecified atom stereocenters. The Morgan fingerprint density at radius 3 is 2.62 bits per heavy atom. The lowest BCUT2D eigenvalue weighted by atomic mass is 10.2. The number of amides is 1. The summed E-state index contributed by atoms with van der Waals surface area (Å²) in [6, 6.07) is 1.80. The minimum atomic E-state index is -1.02. The molecule has 0 saturated heterocycles. The fraction of sp³-hybridized carbons (Fsp3) is 0.182. The molecule has 1 aromatic rings. The molecule has 0 fully saturated rings. The van der Waals surface area contributed by atoms with Crippen molar-refractivity contribution < 1.29 is 18.3 Å². The van der Waals surface area contributed by atoms with Crippen LogP contribution in [0, 0.1) is 23.5 Å². The lowest BCUT2D eigenvalue weighted by Crippen LogP contribution is -2.08. The highest BCUT2D eigenvalue weighted by Crippen LogP contribution is 2.20. The van der Waals surface area contributed by atoms with E-state index >= 15 is 0 Å². The van der Waals surface area contributed by atoms with Crippen LogP contribution >= 0.6 is 0 Å². The van der Waals surface area contributed by atoms with Crippen molar-refractivity contribution in [2.45, 2.75) is 6.42 Å². The maximum absolute atomic E-state index is 12.9. The molecule has 1 amide bonds. The fourth-order valence-corrected chi connectivity index (χ4v) is 1.02. The average molecular weight is 225 g/mol. The van der Waals surface area contributed by atoms with E-state index in [1.807, 2.05) is 0 Å². The van der Waals surface area contributed by atoms with E-state index in [0.717, 1.165) is 12.1 Å². The lowest BCUT2D eigenvalue weighted by molar-refractivity contribution is -0.117. The highest BCUT2D eigenvalue weighted by Gasteiger charge is 2.08. The van der Waals surface area contributed by atoms with Gasteiger partial charge in [0, 0.05) is 6.07 Å². The van der Waals surface area contributed by atoms with Crippen LogP contribution < -0.4 is 10.5 Å². The molecule has 5 heteroatoms. The van der Waals surface area contributed by atoms with E-state index in [0.29, 0.717) is 0 Å². The zero-order valence-corrected chi connectivity index (χ0v) is 8.51. The third-order valence-corrected chi connectivity index (χ3v) is 1.73. The minimum Gasteiger partial charge on any atom is -0.495 e. The van der Waals surface area contributed by atoms with Gasteiger partial charge < -0.3 is 10.5 Å². The predicted octanol–water partition coefficient (Wildman–Crippen LogP) is 1.20. The number of benzene rings is 1. The highest BCUT2D eigenvalue weighted by atomic mass is 19.2. The van der Waals surface area contributed by atoms with Crippen LogP contribution in [0.15, 0.2) is 12.1 Å². The SMILES string of the molecule is COc1cc(F)c(F)cc1C#CCC(N)=O. The average Bonchev–Trinajstić information content (AvgIpc) is 2.22. The quantitative estimate of drug-likeness (QED) is 0.769. The number of nitrogens with two attached hydrogens (primary N) is 1. The number of carbonyl (C=O) groups excluding carboxylic acids is 1. The van der Waals surface area contributed by atoms with Crippen LogP contribution in [0.4, 0.5) is 8.78 Å². The third-order valence-electron chi connectivity index (χ3n) is 1.73. The molecule has 0 heterocycles. The molecule has 84 valence electrons. The summed E-state index contributed by atoms with van der Waals surface area (Å²) in [5, 5.41) is 0. The van der Waals surface area contributed by atoms with Gasteiger partial charge in [-0.25, -0.2) is 8.78 Å². The van der Waals surface area contributed by atoms with Crippen LogP contribution in [-0.4, -0.2) is 13.0 Å². The van der Waals surface area contributed by atoms with E-state index in [-0.39, 0.29) is 17.7 Å². The normalized spacial score (nSPS) is 9.19. The standard InChI is InChI=1S/C11H9F2NO2/c1-16-10-6-9(13)8(12)5-7(10)3-2-4-11(14)15/h5-6H,4H2,1H3,(H2,14,15). The number of primary amides is 1. The first-order valence-electron chi connectivity index (χ1n) is 4.34. The Morgan fingerprint density at radius 2 is 2.06 bits per heavy atom. The summed E-state index contributed by atoms with van der Waals surface area (Å²) < 4.78 is 30.5. The number of hydrogen-bond donors (Lipinski definition) is 1. The van der Waals surface area contributed by atoms with Crippen molar-refractivity contribution in [3.63, 3.8) is 0 Å². The number of halogens is 2. The summed E-state index contributed by atoms with van der Waals surface area (Å²) >= 11 is 0. The number of hydrogen-bond acceptors (Lipinski definition) is 2. The van der Waals surface area contributed by atoms with Crippen molar-refractivity contribution in [1.82, 2.24) is 0 Å². The van der Waals surface area contributed by atoms with Crippen LogP contribution in [0.3, 0.4) is 0 Å². The van der Waals surface area contributed by atoms with Crippen molar-refractivity contribution in [2.75, 3.05) is 7.11 Å². The van der Waals surface area contributed by atoms with Gasteiger partial charge in [0.05, 0.1) is 19.1 Å². The van der Waals surface area contributed by atoms with E-state index in [9.17, 15) is 13.6 Å². The van der Waals surface area contributed by atoms with Crippen LogP contribution in [0.5, 0.6) is 5.75 Å². The van der Waals surface area contributed by atoms with Crippen molar-refractivity contribution in [3.8, 4) is 17.6 Å². The zero-order chi connectivity index (χ0) is 12.1. The van der Waals surface area contributed by atoms with Gasteiger partial charge in [-0.2, -0.15) is 0 Å². The molecular weight excluding hydrogens is 216 g/mol. The second-order valence-corrected chi connectivity index (χ2v) is 2.91. The van der Waals surface area contributed by atoms with Crippen LogP contribution in [0.25, 0.3) is 0 Å². The second kappa shape index (κ2) is 5.12. The van der Waals surface area contributed by atoms with Crippen molar-refractivity contribution >= 4 is 5.91 Å². The summed E-state index contributed by atoms with van der Waals surface area (Å²) in [6.45, 7) is 0. The molecule has 0 aliphatic carbocycles. The molecule has 0 spiro atoms. The lowest BCUT2D eigenvalue weighted by Gasteiger charge is -2.03. The molecule has 0 aromatic heterocycles. The summed E-state index contributed by atoms with van der Waals surface area (Å²) in [6.07, 6.45) is -0.151. The first kappa shape index (κ1) is 12.0. The van der Waals surface area contributed by atoms with Crippen molar-refractivity contribution in [3.05, 3.63) is 29.3 Å². The number of rotatable bonds is 2. The molecule has 2 N–H and O–H groups in total. The van der Waals surface area contributed by atoms with Crippen LogP contribution in [0.1, 0.15) is 12.0 Å². The fourth-order valence-electron chi connectivity index (χ4n) is 1.02. The molecule has 0 radical (unpaired) electrons. The maximum Gasteiger partial charge on any atom is 0.229 e. The topological polar surface area (TPSA) is 52.3 Å². The van der Waals surface area contributed by atoms with Gasteiger partial charge in [-0.1, -0.05) is 11.8 Å². The van der Waals surface area contributed by atoms with E-state index in [2.05, 4.69) is 11.8 Å². The van der Waals surface area contributed by atoms with Gasteiger partial charge in [0.15, 0.2) is 11.6 Å². The van der Waals surface area contributed by atoms with Gasteiger partial charge in [-0.05, 0) is 6.07 Å². The van der Waals surface area contributed by atoms with E-state index in [1.54, 1.807) is 0 Å². The van der Waals surface area contributed by atoms with Gasteiger partial charge in [0.25, 0.3) is 0 Å². The van der Waals surface area contributed by atoms with Gasteiger partial charge in [-0.15, -0.1) is 0 Å². The van der Waals surface area contributed by atoms with Crippen molar-refractivity contribution in [1.29, 1.82) is 0 Å². The van der Waals surface area contributed by atoms with E-state index < -0.39 is 17.5 Å². The van der Waals surface area contributed by atoms with E-state index in [4.69, 9.17) is 10.5 Å². The smallest absolute Gasteiger partial charge is 0.229 e. The Kier molecular flexibility index (Phi) is 3.84. The molecule has 1 aromatic carbocycles. The Balaban J connectivity index is 3.06. The highest BCUT2D eigenvalue weighted by molar-refractivity contribution is 5.76. The van der Waals surface area contributed by atoms with Gasteiger partial charge in [0.1, 0.15) is 5.75 Å². The molecule has 3 nitrogen and oxygen atoms in total. The summed E-state index contributed by atoms with van der Waals surface area (Å²) in [7, 11) is 1.31. The second-order valence-electron chi connectivity index (χ2n) is 2.91. The first-order chi connectivity index (χ1) is 7.54. The molecule has 0 saturated carbocycles. The minimum absolute atomic E-state index is 0.107.